The van der Waals surface area contributed by atoms with Crippen LogP contribution in [0.1, 0.15) is 31.2 Å². The molecule has 2 saturated carbocycles. The molecule has 1 aromatic carbocycles. The summed E-state index contributed by atoms with van der Waals surface area (Å²) in [5, 5.41) is 12.2. The number of nitrogens with zero attached hydrogens (tertiary/aromatic N) is 3. The van der Waals surface area contributed by atoms with Crippen LogP contribution in [0, 0.1) is 23.2 Å². The molecule has 3 fully saturated rings. The predicted molar refractivity (Wildman–Crippen MR) is 102 cm³/mol. The normalized spacial score (nSPS) is 20.9. The maximum Gasteiger partial charge on any atom is 0.177 e. The number of benzene rings is 1. The minimum Gasteiger partial charge on any atom is -0.350 e. The van der Waals surface area contributed by atoms with E-state index in [1.807, 2.05) is 24.4 Å². The highest BCUT2D eigenvalue weighted by molar-refractivity contribution is 6.33. The Kier molecular flexibility index (Phi) is 4.31. The van der Waals surface area contributed by atoms with Crippen LogP contribution in [0.3, 0.4) is 0 Å². The Morgan fingerprint density at radius 3 is 2.81 bits per heavy atom. The Balaban J connectivity index is 1.22. The molecule has 0 atom stereocenters. The van der Waals surface area contributed by atoms with E-state index in [4.69, 9.17) is 21.1 Å². The second-order valence-corrected chi connectivity index (χ2v) is 8.15. The second kappa shape index (κ2) is 6.83. The average Bonchev–Trinajstić information content (AvgIpc) is 3.60. The maximum atomic E-state index is 6.31. The van der Waals surface area contributed by atoms with Gasteiger partial charge < -0.3 is 14.8 Å². The summed E-state index contributed by atoms with van der Waals surface area (Å²) in [6.45, 7) is 2.08. The number of aromatic nitrogens is 3. The first-order valence-corrected chi connectivity index (χ1v) is 9.77. The fraction of sp³-hybridized carbons (Fsp3) is 0.500. The predicted octanol–water partition coefficient (Wildman–Crippen LogP) is 3.59. The summed E-state index contributed by atoms with van der Waals surface area (Å²) in [5.41, 5.74) is 2.02. The first-order chi connectivity index (χ1) is 13.2. The van der Waals surface area contributed by atoms with Crippen LogP contribution in [0.4, 0.5) is 11.5 Å². The molecule has 3 aliphatic rings. The third-order valence-corrected chi connectivity index (χ3v) is 5.54. The minimum atomic E-state index is -0.268. The van der Waals surface area contributed by atoms with Crippen molar-refractivity contribution >= 4 is 23.1 Å². The molecule has 2 heterocycles. The van der Waals surface area contributed by atoms with Crippen molar-refractivity contribution in [1.29, 1.82) is 0 Å². The molecular formula is C20H21ClN4O2. The van der Waals surface area contributed by atoms with Crippen molar-refractivity contribution in [3.8, 4) is 11.8 Å². The summed E-state index contributed by atoms with van der Waals surface area (Å²) < 4.78 is 13.3. The molecule has 1 N–H and O–H groups in total. The molecule has 7 heteroatoms. The smallest absolute Gasteiger partial charge is 0.177 e. The first kappa shape index (κ1) is 17.1. The zero-order valence-corrected chi connectivity index (χ0v) is 15.7. The molecule has 0 unspecified atom stereocenters. The van der Waals surface area contributed by atoms with Gasteiger partial charge in [-0.2, -0.15) is 0 Å². The van der Waals surface area contributed by atoms with Gasteiger partial charge in [-0.25, -0.2) is 4.68 Å². The van der Waals surface area contributed by atoms with Crippen molar-refractivity contribution in [3.05, 3.63) is 35.0 Å². The Labute approximate surface area is 163 Å². The van der Waals surface area contributed by atoms with Gasteiger partial charge in [0.15, 0.2) is 12.1 Å². The minimum absolute atomic E-state index is 0.268. The quantitative estimate of drug-likeness (QED) is 0.816. The molecule has 1 saturated heterocycles. The van der Waals surface area contributed by atoms with E-state index in [9.17, 15) is 0 Å². The van der Waals surface area contributed by atoms with Crippen LogP contribution in [-0.2, 0) is 16.0 Å². The lowest BCUT2D eigenvalue weighted by molar-refractivity contribution is -0.213. The highest BCUT2D eigenvalue weighted by Crippen LogP contribution is 2.48. The molecule has 5 rings (SSSR count). The number of nitrogens with one attached hydrogen (secondary N) is 1. The van der Waals surface area contributed by atoms with Crippen molar-refractivity contribution in [2.45, 2.75) is 38.5 Å². The molecule has 0 amide bonds. The molecule has 1 spiro atoms. The number of hydrogen-bond acceptors (Lipinski definition) is 5. The van der Waals surface area contributed by atoms with Gasteiger partial charge in [0, 0.05) is 16.9 Å². The van der Waals surface area contributed by atoms with Crippen LogP contribution in [0.15, 0.2) is 24.4 Å². The zero-order valence-electron chi connectivity index (χ0n) is 14.9. The van der Waals surface area contributed by atoms with Gasteiger partial charge in [0.05, 0.1) is 36.7 Å². The number of hydrogen-bond donors (Lipinski definition) is 1. The third kappa shape index (κ3) is 4.11. The summed E-state index contributed by atoms with van der Waals surface area (Å²) in [6.07, 6.45) is 6.40. The highest BCUT2D eigenvalue weighted by atomic mass is 35.5. The van der Waals surface area contributed by atoms with Gasteiger partial charge in [-0.3, -0.25) is 0 Å². The van der Waals surface area contributed by atoms with E-state index in [2.05, 4.69) is 27.5 Å². The summed E-state index contributed by atoms with van der Waals surface area (Å²) in [5.74, 6) is 7.66. The van der Waals surface area contributed by atoms with Crippen molar-refractivity contribution < 1.29 is 9.47 Å². The van der Waals surface area contributed by atoms with E-state index >= 15 is 0 Å². The number of rotatable bonds is 4. The zero-order chi connectivity index (χ0) is 18.3. The van der Waals surface area contributed by atoms with Gasteiger partial charge in [0.1, 0.15) is 0 Å². The molecule has 6 nitrogen and oxygen atoms in total. The van der Waals surface area contributed by atoms with Crippen LogP contribution in [0.25, 0.3) is 0 Å². The maximum absolute atomic E-state index is 6.31. The van der Waals surface area contributed by atoms with E-state index < -0.39 is 0 Å². The van der Waals surface area contributed by atoms with Crippen LogP contribution in [-0.4, -0.2) is 34.5 Å². The van der Waals surface area contributed by atoms with Gasteiger partial charge in [-0.05, 0) is 43.9 Å². The van der Waals surface area contributed by atoms with E-state index in [-0.39, 0.29) is 6.29 Å². The van der Waals surface area contributed by atoms with Gasteiger partial charge in [0.25, 0.3) is 0 Å². The molecule has 2 aliphatic carbocycles. The van der Waals surface area contributed by atoms with Gasteiger partial charge in [0.2, 0.25) is 0 Å². The van der Waals surface area contributed by atoms with Crippen LogP contribution in [0.2, 0.25) is 5.02 Å². The Bertz CT molecular complexity index is 898. The fourth-order valence-corrected chi connectivity index (χ4v) is 3.21. The van der Waals surface area contributed by atoms with Crippen molar-refractivity contribution in [3.63, 3.8) is 0 Å². The summed E-state index contributed by atoms with van der Waals surface area (Å²) in [4.78, 5) is 0. The van der Waals surface area contributed by atoms with E-state index in [0.717, 1.165) is 24.5 Å². The third-order valence-electron chi connectivity index (χ3n) is 5.21. The lowest BCUT2D eigenvalue weighted by Gasteiger charge is -2.29. The van der Waals surface area contributed by atoms with Crippen molar-refractivity contribution in [2.75, 3.05) is 18.5 Å². The van der Waals surface area contributed by atoms with Crippen LogP contribution in [0.5, 0.6) is 0 Å². The fourth-order valence-electron chi connectivity index (χ4n) is 3.05. The van der Waals surface area contributed by atoms with Gasteiger partial charge in [-0.15, -0.1) is 5.10 Å². The van der Waals surface area contributed by atoms with Crippen LogP contribution < -0.4 is 5.32 Å². The van der Waals surface area contributed by atoms with E-state index in [1.165, 1.54) is 25.7 Å². The van der Waals surface area contributed by atoms with E-state index in [0.29, 0.717) is 28.7 Å². The summed E-state index contributed by atoms with van der Waals surface area (Å²) in [7, 11) is 0. The Morgan fingerprint density at radius 2 is 2.07 bits per heavy atom. The SMILES string of the molecule is Clc1ccc(C#CC2CC2)cc1Nc1cn(CC2OCC3(CC3)CO2)nn1. The van der Waals surface area contributed by atoms with Crippen molar-refractivity contribution in [2.24, 2.45) is 11.3 Å². The molecule has 0 radical (unpaired) electrons. The lowest BCUT2D eigenvalue weighted by Crippen LogP contribution is -2.36. The topological polar surface area (TPSA) is 61.2 Å². The molecule has 27 heavy (non-hydrogen) atoms. The Hall–Kier alpha value is -2.07. The first-order valence-electron chi connectivity index (χ1n) is 9.39. The van der Waals surface area contributed by atoms with E-state index in [1.54, 1.807) is 4.68 Å². The van der Waals surface area contributed by atoms with Crippen molar-refractivity contribution in [1.82, 2.24) is 15.0 Å². The molecule has 1 aromatic heterocycles. The molecule has 2 aromatic rings. The molecular weight excluding hydrogens is 364 g/mol. The van der Waals surface area contributed by atoms with Gasteiger partial charge >= 0.3 is 0 Å². The molecule has 0 bridgehead atoms. The Morgan fingerprint density at radius 1 is 1.26 bits per heavy atom. The number of ether oxygens (including phenoxy) is 2. The van der Waals surface area contributed by atoms with Gasteiger partial charge in [-0.1, -0.05) is 28.7 Å². The number of anilines is 2. The number of halogens is 1. The molecule has 1 aliphatic heterocycles. The highest BCUT2D eigenvalue weighted by Gasteiger charge is 2.46. The monoisotopic (exact) mass is 384 g/mol. The lowest BCUT2D eigenvalue weighted by atomic mass is 10.1. The second-order valence-electron chi connectivity index (χ2n) is 7.74. The summed E-state index contributed by atoms with van der Waals surface area (Å²) in [6, 6.07) is 5.73. The largest absolute Gasteiger partial charge is 0.350 e. The standard InChI is InChI=1S/C20H21ClN4O2/c21-16-6-5-15(4-3-14-1-2-14)9-17(16)22-18-10-25(24-23-18)11-19-26-12-20(7-8-20)13-27-19/h5-6,9-10,14,19,22H,1-2,7-8,11-13H2. The average molecular weight is 385 g/mol. The molecule has 140 valence electrons. The van der Waals surface area contributed by atoms with Crippen LogP contribution >= 0.6 is 11.6 Å². The summed E-state index contributed by atoms with van der Waals surface area (Å²) >= 11 is 6.31.